The third kappa shape index (κ3) is 4.21. The molecule has 0 atom stereocenters. The first kappa shape index (κ1) is 17.1. The second kappa shape index (κ2) is 7.43. The lowest BCUT2D eigenvalue weighted by molar-refractivity contribution is -0.116. The Kier molecular flexibility index (Phi) is 5.08. The average molecular weight is 405 g/mol. The number of H-pyrrole nitrogens is 1. The van der Waals surface area contributed by atoms with Crippen molar-refractivity contribution in [2.45, 2.75) is 6.42 Å². The van der Waals surface area contributed by atoms with E-state index in [1.165, 1.54) is 12.1 Å². The number of halogens is 2. The molecule has 0 fully saturated rings. The van der Waals surface area contributed by atoms with E-state index in [9.17, 15) is 14.0 Å². The van der Waals surface area contributed by atoms with E-state index in [0.29, 0.717) is 10.2 Å². The highest BCUT2D eigenvalue weighted by atomic mass is 79.9. The van der Waals surface area contributed by atoms with Crippen LogP contribution in [-0.2, 0) is 4.79 Å². The summed E-state index contributed by atoms with van der Waals surface area (Å²) in [5, 5.41) is 13.0. The van der Waals surface area contributed by atoms with E-state index in [-0.39, 0.29) is 24.4 Å². The van der Waals surface area contributed by atoms with Gasteiger partial charge in [-0.1, -0.05) is 0 Å². The minimum absolute atomic E-state index is 0.0993. The minimum Gasteiger partial charge on any atom is -0.351 e. The Hall–Kier alpha value is -2.74. The van der Waals surface area contributed by atoms with Crippen LogP contribution in [0.5, 0.6) is 0 Å². The Balaban J connectivity index is 1.52. The predicted molar refractivity (Wildman–Crippen MR) is 95.8 cm³/mol. The topological polar surface area (TPSA) is 86.9 Å². The predicted octanol–water partition coefficient (Wildman–Crippen LogP) is 3.22. The lowest BCUT2D eigenvalue weighted by atomic mass is 10.2. The molecule has 0 bridgehead atoms. The number of rotatable bonds is 5. The summed E-state index contributed by atoms with van der Waals surface area (Å²) in [6.45, 7) is 0.140. The first-order chi connectivity index (χ1) is 12.0. The van der Waals surface area contributed by atoms with Gasteiger partial charge in [0, 0.05) is 28.5 Å². The summed E-state index contributed by atoms with van der Waals surface area (Å²) in [4.78, 5) is 24.0. The third-order valence-electron chi connectivity index (χ3n) is 3.53. The zero-order chi connectivity index (χ0) is 17.8. The molecule has 2 aromatic carbocycles. The van der Waals surface area contributed by atoms with Crippen molar-refractivity contribution >= 4 is 44.3 Å². The number of hydrogen-bond donors (Lipinski definition) is 3. The van der Waals surface area contributed by atoms with E-state index < -0.39 is 11.7 Å². The number of fused-ring (bicyclic) bond motifs is 1. The molecule has 6 nitrogen and oxygen atoms in total. The van der Waals surface area contributed by atoms with Crippen LogP contribution >= 0.6 is 15.9 Å². The van der Waals surface area contributed by atoms with Crippen LogP contribution in [0.15, 0.2) is 47.1 Å². The number of benzene rings is 2. The number of anilines is 1. The van der Waals surface area contributed by atoms with E-state index in [1.54, 1.807) is 18.3 Å². The summed E-state index contributed by atoms with van der Waals surface area (Å²) in [7, 11) is 0. The highest BCUT2D eigenvalue weighted by Crippen LogP contribution is 2.18. The smallest absolute Gasteiger partial charge is 0.252 e. The van der Waals surface area contributed by atoms with Crippen LogP contribution in [0.4, 0.5) is 10.1 Å². The van der Waals surface area contributed by atoms with Crippen LogP contribution in [-0.4, -0.2) is 28.6 Å². The summed E-state index contributed by atoms with van der Waals surface area (Å²) in [5.41, 5.74) is 1.72. The van der Waals surface area contributed by atoms with Gasteiger partial charge < -0.3 is 10.6 Å². The van der Waals surface area contributed by atoms with Crippen molar-refractivity contribution in [1.82, 2.24) is 15.5 Å². The first-order valence-electron chi connectivity index (χ1n) is 7.49. The van der Waals surface area contributed by atoms with Gasteiger partial charge in [-0.05, 0) is 52.3 Å². The highest BCUT2D eigenvalue weighted by Gasteiger charge is 2.11. The molecule has 8 heteroatoms. The van der Waals surface area contributed by atoms with Gasteiger partial charge in [-0.15, -0.1) is 0 Å². The van der Waals surface area contributed by atoms with Crippen LogP contribution in [0.3, 0.4) is 0 Å². The standard InChI is InChI=1S/C17H14BrFN4O2/c18-14-3-1-11(19)8-13(14)17(25)20-6-5-16(24)22-12-2-4-15-10(7-12)9-21-23-15/h1-4,7-9H,5-6H2,(H,20,25)(H,21,23)(H,22,24). The summed E-state index contributed by atoms with van der Waals surface area (Å²) < 4.78 is 13.7. The molecule has 3 N–H and O–H groups in total. The fourth-order valence-corrected chi connectivity index (χ4v) is 2.73. The minimum atomic E-state index is -0.499. The van der Waals surface area contributed by atoms with Gasteiger partial charge in [0.1, 0.15) is 5.82 Å². The number of nitrogens with one attached hydrogen (secondary N) is 3. The molecule has 0 saturated carbocycles. The molecule has 2 amide bonds. The van der Waals surface area contributed by atoms with Crippen molar-refractivity contribution < 1.29 is 14.0 Å². The summed E-state index contributed by atoms with van der Waals surface area (Å²) in [6.07, 6.45) is 1.77. The largest absolute Gasteiger partial charge is 0.351 e. The van der Waals surface area contributed by atoms with Gasteiger partial charge in [0.05, 0.1) is 17.3 Å². The molecule has 25 heavy (non-hydrogen) atoms. The van der Waals surface area contributed by atoms with Crippen LogP contribution < -0.4 is 10.6 Å². The molecule has 0 aliphatic carbocycles. The maximum atomic E-state index is 13.2. The Labute approximate surface area is 150 Å². The second-order valence-electron chi connectivity index (χ2n) is 5.35. The van der Waals surface area contributed by atoms with Crippen LogP contribution in [0.1, 0.15) is 16.8 Å². The molecule has 0 spiro atoms. The Morgan fingerprint density at radius 1 is 1.20 bits per heavy atom. The van der Waals surface area contributed by atoms with Gasteiger partial charge in [-0.2, -0.15) is 5.10 Å². The van der Waals surface area contributed by atoms with Gasteiger partial charge in [-0.25, -0.2) is 4.39 Å². The van der Waals surface area contributed by atoms with Crippen molar-refractivity contribution in [3.05, 3.63) is 58.4 Å². The number of aromatic amines is 1. The molecule has 1 aromatic heterocycles. The Morgan fingerprint density at radius 2 is 2.04 bits per heavy atom. The zero-order valence-electron chi connectivity index (χ0n) is 13.0. The molecule has 3 aromatic rings. The van der Waals surface area contributed by atoms with Crippen molar-refractivity contribution in [2.24, 2.45) is 0 Å². The van der Waals surface area contributed by atoms with Gasteiger partial charge in [-0.3, -0.25) is 14.7 Å². The van der Waals surface area contributed by atoms with E-state index in [2.05, 4.69) is 36.8 Å². The van der Waals surface area contributed by atoms with Gasteiger partial charge in [0.15, 0.2) is 0 Å². The maximum absolute atomic E-state index is 13.2. The average Bonchev–Trinajstić information content (AvgIpc) is 3.04. The SMILES string of the molecule is O=C(CCNC(=O)c1cc(F)ccc1Br)Nc1ccc2[nH]ncc2c1. The van der Waals surface area contributed by atoms with Crippen molar-refractivity contribution in [3.8, 4) is 0 Å². The van der Waals surface area contributed by atoms with Crippen LogP contribution in [0, 0.1) is 5.82 Å². The Bertz CT molecular complexity index is 941. The Morgan fingerprint density at radius 3 is 2.88 bits per heavy atom. The van der Waals surface area contributed by atoms with Crippen molar-refractivity contribution in [3.63, 3.8) is 0 Å². The molecule has 0 aliphatic rings. The second-order valence-corrected chi connectivity index (χ2v) is 6.20. The monoisotopic (exact) mass is 404 g/mol. The lowest BCUT2D eigenvalue weighted by Crippen LogP contribution is -2.28. The zero-order valence-corrected chi connectivity index (χ0v) is 14.6. The molecule has 3 rings (SSSR count). The number of amides is 2. The van der Waals surface area contributed by atoms with E-state index in [1.807, 2.05) is 6.07 Å². The lowest BCUT2D eigenvalue weighted by Gasteiger charge is -2.08. The number of carbonyl (C=O) groups is 2. The molecular weight excluding hydrogens is 391 g/mol. The molecule has 0 radical (unpaired) electrons. The fourth-order valence-electron chi connectivity index (χ4n) is 2.30. The molecule has 0 saturated heterocycles. The normalized spacial score (nSPS) is 10.6. The van der Waals surface area contributed by atoms with Gasteiger partial charge >= 0.3 is 0 Å². The molecule has 1 heterocycles. The van der Waals surface area contributed by atoms with Gasteiger partial charge in [0.25, 0.3) is 5.91 Å². The van der Waals surface area contributed by atoms with Crippen molar-refractivity contribution in [1.29, 1.82) is 0 Å². The van der Waals surface area contributed by atoms with Gasteiger partial charge in [0.2, 0.25) is 5.91 Å². The van der Waals surface area contributed by atoms with E-state index in [4.69, 9.17) is 0 Å². The van der Waals surface area contributed by atoms with E-state index >= 15 is 0 Å². The molecule has 128 valence electrons. The first-order valence-corrected chi connectivity index (χ1v) is 8.28. The number of nitrogens with zero attached hydrogens (tertiary/aromatic N) is 1. The molecule has 0 aliphatic heterocycles. The number of hydrogen-bond acceptors (Lipinski definition) is 3. The molecular formula is C17H14BrFN4O2. The molecule has 0 unspecified atom stereocenters. The number of carbonyl (C=O) groups excluding carboxylic acids is 2. The van der Waals surface area contributed by atoms with Crippen LogP contribution in [0.25, 0.3) is 10.9 Å². The van der Waals surface area contributed by atoms with E-state index in [0.717, 1.165) is 17.0 Å². The highest BCUT2D eigenvalue weighted by molar-refractivity contribution is 9.10. The summed E-state index contributed by atoms with van der Waals surface area (Å²) in [6, 6.07) is 9.25. The quantitative estimate of drug-likeness (QED) is 0.609. The third-order valence-corrected chi connectivity index (χ3v) is 4.23. The number of aromatic nitrogens is 2. The van der Waals surface area contributed by atoms with Crippen molar-refractivity contribution in [2.75, 3.05) is 11.9 Å². The summed E-state index contributed by atoms with van der Waals surface area (Å²) >= 11 is 3.20. The van der Waals surface area contributed by atoms with Crippen LogP contribution in [0.2, 0.25) is 0 Å². The maximum Gasteiger partial charge on any atom is 0.252 e. The fraction of sp³-hybridized carbons (Fsp3) is 0.118. The summed E-state index contributed by atoms with van der Waals surface area (Å²) in [5.74, 6) is -1.18.